The van der Waals surface area contributed by atoms with Crippen LogP contribution in [0.3, 0.4) is 0 Å². The van der Waals surface area contributed by atoms with Gasteiger partial charge in [0.15, 0.2) is 0 Å². The summed E-state index contributed by atoms with van der Waals surface area (Å²) in [5.41, 5.74) is 0. The van der Waals surface area contributed by atoms with Crippen LogP contribution in [0.4, 0.5) is 0 Å². The number of rotatable bonds is 5. The third kappa shape index (κ3) is 10.1. The molecule has 0 fully saturated rings. The van der Waals surface area contributed by atoms with Crippen molar-refractivity contribution >= 4 is 49.7 Å². The Hall–Kier alpha value is 0.200. The third-order valence-corrected chi connectivity index (χ3v) is 1.47. The molecule has 0 atom stereocenters. The standard InChI is InChI=1S/C8H14O4.Ca/c1-11-7(9)5-3-4-6-8(10)12-2;/h3-6H2,1-2H3;. The molecular weight excluding hydrogens is 200 g/mol. The Bertz CT molecular complexity index is 140. The average molecular weight is 214 g/mol. The molecule has 13 heavy (non-hydrogen) atoms. The fourth-order valence-electron chi connectivity index (χ4n) is 0.743. The van der Waals surface area contributed by atoms with Crippen molar-refractivity contribution in [3.05, 3.63) is 0 Å². The molecule has 72 valence electrons. The van der Waals surface area contributed by atoms with E-state index < -0.39 is 0 Å². The molecule has 2 radical (unpaired) electrons. The van der Waals surface area contributed by atoms with E-state index in [9.17, 15) is 9.59 Å². The third-order valence-electron chi connectivity index (χ3n) is 1.47. The molecule has 0 bridgehead atoms. The van der Waals surface area contributed by atoms with Crippen molar-refractivity contribution in [2.45, 2.75) is 25.7 Å². The van der Waals surface area contributed by atoms with E-state index >= 15 is 0 Å². The van der Waals surface area contributed by atoms with Crippen LogP contribution in [0.15, 0.2) is 0 Å². The first-order valence-electron chi connectivity index (χ1n) is 3.84. The van der Waals surface area contributed by atoms with Gasteiger partial charge < -0.3 is 9.47 Å². The second-order valence-corrected chi connectivity index (χ2v) is 2.36. The minimum Gasteiger partial charge on any atom is -0.469 e. The summed E-state index contributed by atoms with van der Waals surface area (Å²) in [6.45, 7) is 0. The quantitative estimate of drug-likeness (QED) is 0.380. The van der Waals surface area contributed by atoms with Gasteiger partial charge in [0.1, 0.15) is 0 Å². The molecule has 0 unspecified atom stereocenters. The summed E-state index contributed by atoms with van der Waals surface area (Å²) in [5.74, 6) is -0.472. The molecule has 0 saturated carbocycles. The molecule has 0 amide bonds. The topological polar surface area (TPSA) is 52.6 Å². The van der Waals surface area contributed by atoms with Crippen LogP contribution < -0.4 is 0 Å². The number of carbonyl (C=O) groups excluding carboxylic acids is 2. The number of hydrogen-bond donors (Lipinski definition) is 0. The predicted molar refractivity (Wildman–Crippen MR) is 48.3 cm³/mol. The summed E-state index contributed by atoms with van der Waals surface area (Å²) in [6, 6.07) is 0. The number of carbonyl (C=O) groups is 2. The largest absolute Gasteiger partial charge is 0.469 e. The maximum Gasteiger partial charge on any atom is 0.305 e. The van der Waals surface area contributed by atoms with Gasteiger partial charge in [0, 0.05) is 50.6 Å². The Morgan fingerprint density at radius 2 is 1.23 bits per heavy atom. The molecule has 0 rings (SSSR count). The zero-order valence-electron chi connectivity index (χ0n) is 8.17. The van der Waals surface area contributed by atoms with Gasteiger partial charge in [-0.2, -0.15) is 0 Å². The molecule has 0 N–H and O–H groups in total. The van der Waals surface area contributed by atoms with Crippen LogP contribution >= 0.6 is 0 Å². The summed E-state index contributed by atoms with van der Waals surface area (Å²) in [7, 11) is 2.70. The van der Waals surface area contributed by atoms with Gasteiger partial charge >= 0.3 is 11.9 Å². The van der Waals surface area contributed by atoms with Gasteiger partial charge in [0.2, 0.25) is 0 Å². The first-order valence-corrected chi connectivity index (χ1v) is 3.84. The van der Waals surface area contributed by atoms with Gasteiger partial charge in [0.25, 0.3) is 0 Å². The molecule has 0 saturated heterocycles. The van der Waals surface area contributed by atoms with E-state index in [2.05, 4.69) is 9.47 Å². The number of ether oxygens (including phenoxy) is 2. The first kappa shape index (κ1) is 15.7. The molecule has 0 heterocycles. The first-order chi connectivity index (χ1) is 5.70. The van der Waals surface area contributed by atoms with Crippen LogP contribution in [-0.4, -0.2) is 63.9 Å². The maximum absolute atomic E-state index is 10.6. The fraction of sp³-hybridized carbons (Fsp3) is 0.750. The van der Waals surface area contributed by atoms with Gasteiger partial charge in [-0.15, -0.1) is 0 Å². The van der Waals surface area contributed by atoms with Crippen molar-refractivity contribution < 1.29 is 19.1 Å². The van der Waals surface area contributed by atoms with Crippen LogP contribution in [0, 0.1) is 0 Å². The normalized spacial score (nSPS) is 8.46. The van der Waals surface area contributed by atoms with E-state index in [0.29, 0.717) is 25.7 Å². The minimum absolute atomic E-state index is 0. The number of hydrogen-bond acceptors (Lipinski definition) is 4. The Labute approximate surface area is 108 Å². The van der Waals surface area contributed by atoms with Crippen LogP contribution in [0.25, 0.3) is 0 Å². The van der Waals surface area contributed by atoms with Gasteiger partial charge in [-0.25, -0.2) is 0 Å². The van der Waals surface area contributed by atoms with E-state index in [4.69, 9.17) is 0 Å². The maximum atomic E-state index is 10.6. The Kier molecular flexibility index (Phi) is 12.4. The molecule has 0 aliphatic carbocycles. The Morgan fingerprint density at radius 3 is 1.46 bits per heavy atom. The van der Waals surface area contributed by atoms with E-state index in [-0.39, 0.29) is 49.7 Å². The van der Waals surface area contributed by atoms with Gasteiger partial charge in [-0.05, 0) is 12.8 Å². The monoisotopic (exact) mass is 214 g/mol. The predicted octanol–water partition coefficient (Wildman–Crippen LogP) is 0.512. The number of unbranched alkanes of at least 4 members (excludes halogenated alkanes) is 1. The molecule has 0 spiro atoms. The number of methoxy groups -OCH3 is 2. The molecule has 0 aliphatic heterocycles. The molecule has 0 aromatic rings. The van der Waals surface area contributed by atoms with Gasteiger partial charge in [-0.3, -0.25) is 9.59 Å². The summed E-state index contributed by atoms with van der Waals surface area (Å²) < 4.78 is 8.86. The van der Waals surface area contributed by atoms with E-state index in [1.165, 1.54) is 14.2 Å². The molecule has 5 heteroatoms. The SMILES string of the molecule is COC(=O)CCCCC(=O)OC.[Ca]. The Morgan fingerprint density at radius 1 is 0.923 bits per heavy atom. The molecule has 0 aromatic carbocycles. The summed E-state index contributed by atoms with van der Waals surface area (Å²) in [4.78, 5) is 21.2. The molecule has 0 aromatic heterocycles. The summed E-state index contributed by atoms with van der Waals surface area (Å²) in [6.07, 6.45) is 2.07. The Balaban J connectivity index is 0. The van der Waals surface area contributed by atoms with Crippen molar-refractivity contribution in [2.24, 2.45) is 0 Å². The number of esters is 2. The van der Waals surface area contributed by atoms with Crippen molar-refractivity contribution in [3.8, 4) is 0 Å². The van der Waals surface area contributed by atoms with Crippen LogP contribution in [-0.2, 0) is 19.1 Å². The van der Waals surface area contributed by atoms with Crippen molar-refractivity contribution in [1.82, 2.24) is 0 Å². The van der Waals surface area contributed by atoms with Crippen molar-refractivity contribution in [3.63, 3.8) is 0 Å². The van der Waals surface area contributed by atoms with Crippen LogP contribution in [0.1, 0.15) is 25.7 Å². The fourth-order valence-corrected chi connectivity index (χ4v) is 0.743. The smallest absolute Gasteiger partial charge is 0.305 e. The zero-order valence-corrected chi connectivity index (χ0v) is 10.4. The summed E-state index contributed by atoms with van der Waals surface area (Å²) >= 11 is 0. The van der Waals surface area contributed by atoms with E-state index in [1.807, 2.05) is 0 Å². The van der Waals surface area contributed by atoms with Crippen molar-refractivity contribution in [2.75, 3.05) is 14.2 Å². The molecule has 0 aliphatic rings. The van der Waals surface area contributed by atoms with E-state index in [0.717, 1.165) is 0 Å². The van der Waals surface area contributed by atoms with Gasteiger partial charge in [0.05, 0.1) is 14.2 Å². The summed E-state index contributed by atoms with van der Waals surface area (Å²) in [5, 5.41) is 0. The van der Waals surface area contributed by atoms with Crippen molar-refractivity contribution in [1.29, 1.82) is 0 Å². The average Bonchev–Trinajstić information content (AvgIpc) is 2.11. The van der Waals surface area contributed by atoms with Crippen LogP contribution in [0.5, 0.6) is 0 Å². The zero-order chi connectivity index (χ0) is 9.40. The van der Waals surface area contributed by atoms with Crippen LogP contribution in [0.2, 0.25) is 0 Å². The second kappa shape index (κ2) is 10.3. The molecule has 4 nitrogen and oxygen atoms in total. The minimum atomic E-state index is -0.236. The van der Waals surface area contributed by atoms with E-state index in [1.54, 1.807) is 0 Å². The second-order valence-electron chi connectivity index (χ2n) is 2.36. The molecular formula is C8H14CaO4. The van der Waals surface area contributed by atoms with Gasteiger partial charge in [-0.1, -0.05) is 0 Å².